The van der Waals surface area contributed by atoms with Crippen molar-refractivity contribution in [1.29, 1.82) is 0 Å². The molecule has 1 aromatic carbocycles. The summed E-state index contributed by atoms with van der Waals surface area (Å²) in [5.41, 5.74) is 7.95. The summed E-state index contributed by atoms with van der Waals surface area (Å²) < 4.78 is 0. The average Bonchev–Trinajstić information content (AvgIpc) is 2.72. The van der Waals surface area contributed by atoms with Gasteiger partial charge in [0.25, 0.3) is 5.91 Å². The molecule has 1 saturated carbocycles. The average molecular weight is 489 g/mol. The van der Waals surface area contributed by atoms with E-state index in [1.807, 2.05) is 0 Å². The summed E-state index contributed by atoms with van der Waals surface area (Å²) in [6.07, 6.45) is 0.127. The number of primary amides is 1. The van der Waals surface area contributed by atoms with Crippen LogP contribution in [0.25, 0.3) is 5.76 Å². The van der Waals surface area contributed by atoms with Crippen LogP contribution in [0, 0.1) is 11.8 Å². The van der Waals surface area contributed by atoms with Gasteiger partial charge in [0, 0.05) is 17.2 Å². The molecule has 180 valence electrons. The number of nitrogens with zero attached hydrogens (tertiary/aromatic N) is 1. The Morgan fingerprint density at radius 1 is 1.21 bits per heavy atom. The van der Waals surface area contributed by atoms with Crippen LogP contribution in [-0.4, -0.2) is 73.7 Å². The second kappa shape index (κ2) is 7.79. The van der Waals surface area contributed by atoms with Crippen LogP contribution in [0.15, 0.2) is 29.0 Å². The molecule has 3 aliphatic rings. The molecule has 1 amide bonds. The van der Waals surface area contributed by atoms with Crippen LogP contribution in [-0.2, 0) is 20.8 Å². The molecule has 34 heavy (non-hydrogen) atoms. The molecule has 4 rings (SSSR count). The molecule has 0 heterocycles. The molecule has 12 heteroatoms. The number of aromatic hydroxyl groups is 1. The first kappa shape index (κ1) is 23.7. The molecule has 0 spiro atoms. The highest BCUT2D eigenvalue weighted by molar-refractivity contribution is 7.80. The Morgan fingerprint density at radius 2 is 1.85 bits per heavy atom. The minimum atomic E-state index is -2.67. The van der Waals surface area contributed by atoms with E-state index in [1.165, 1.54) is 31.1 Å². The molecule has 4 atom stereocenters. The first-order valence-electron chi connectivity index (χ1n) is 10.4. The maximum atomic E-state index is 13.7. The van der Waals surface area contributed by atoms with Gasteiger partial charge >= 0.3 is 0 Å². The predicted molar refractivity (Wildman–Crippen MR) is 125 cm³/mol. The summed E-state index contributed by atoms with van der Waals surface area (Å²) in [6.45, 7) is 0. The number of likely N-dealkylation sites (N-methyl/N-ethyl adjacent to an activating group) is 1. The zero-order valence-corrected chi connectivity index (χ0v) is 19.1. The minimum Gasteiger partial charge on any atom is -0.508 e. The lowest BCUT2D eigenvalue weighted by Crippen LogP contribution is -2.65. The van der Waals surface area contributed by atoms with Crippen LogP contribution < -0.4 is 16.8 Å². The van der Waals surface area contributed by atoms with Crippen LogP contribution in [0.2, 0.25) is 0 Å². The van der Waals surface area contributed by atoms with Gasteiger partial charge in [0.15, 0.2) is 16.5 Å². The number of phenolic OH excluding ortho intramolecular Hbond substituents is 1. The Hall–Kier alpha value is -3.48. The Balaban J connectivity index is 1.97. The number of carbonyl (C=O) groups excluding carboxylic acids is 3. The van der Waals surface area contributed by atoms with Gasteiger partial charge in [0.05, 0.1) is 11.6 Å². The number of hydrogen-bond acceptors (Lipinski definition) is 9. The second-order valence-corrected chi connectivity index (χ2v) is 9.38. The molecule has 11 nitrogen and oxygen atoms in total. The third-order valence-corrected chi connectivity index (χ3v) is 6.96. The van der Waals surface area contributed by atoms with Gasteiger partial charge in [0.2, 0.25) is 5.78 Å². The standard InChI is InChI=1S/C22H24N4O7S/c1-26(2)15-9-6-7-5-8-10(25-21(24)34)3-4-11(27)13(8)16(28)12(7)18(30)22(9,33)19(31)14(17(15)29)20(23)32/h3-4,7,9,15,27-28,31,33H,5-6H2,1-2H3,(H2,23,32)(H3,24,25,34)/t7?,9?,15-,22+/m1/s1. The lowest BCUT2D eigenvalue weighted by atomic mass is 9.57. The maximum Gasteiger partial charge on any atom is 0.255 e. The van der Waals surface area contributed by atoms with Gasteiger partial charge in [-0.15, -0.1) is 0 Å². The number of nitrogens with two attached hydrogens (primary N) is 2. The number of rotatable bonds is 3. The topological polar surface area (TPSA) is 199 Å². The molecule has 2 unspecified atom stereocenters. The minimum absolute atomic E-state index is 0.00602. The molecule has 3 aliphatic carbocycles. The fourth-order valence-electron chi connectivity index (χ4n) is 5.49. The molecule has 0 aliphatic heterocycles. The van der Waals surface area contributed by atoms with Crippen molar-refractivity contribution < 1.29 is 34.8 Å². The highest BCUT2D eigenvalue weighted by Crippen LogP contribution is 2.53. The van der Waals surface area contributed by atoms with Crippen LogP contribution >= 0.6 is 12.2 Å². The number of Topliss-reactive ketones (excluding diaryl/α,β-unsaturated/α-hetero) is 2. The number of hydrogen-bond donors (Lipinski definition) is 7. The summed E-state index contributed by atoms with van der Waals surface area (Å²) in [7, 11) is 3.07. The maximum absolute atomic E-state index is 13.7. The van der Waals surface area contributed by atoms with Gasteiger partial charge in [-0.1, -0.05) is 0 Å². The zero-order valence-electron chi connectivity index (χ0n) is 18.3. The van der Waals surface area contributed by atoms with E-state index in [4.69, 9.17) is 23.7 Å². The number of anilines is 1. The van der Waals surface area contributed by atoms with Crippen molar-refractivity contribution in [2.45, 2.75) is 24.5 Å². The van der Waals surface area contributed by atoms with Crippen LogP contribution in [0.1, 0.15) is 17.5 Å². The van der Waals surface area contributed by atoms with E-state index in [0.717, 1.165) is 0 Å². The first-order valence-corrected chi connectivity index (χ1v) is 10.8. The van der Waals surface area contributed by atoms with Gasteiger partial charge in [-0.2, -0.15) is 0 Å². The predicted octanol–water partition coefficient (Wildman–Crippen LogP) is -0.380. The highest BCUT2D eigenvalue weighted by atomic mass is 32.1. The zero-order chi connectivity index (χ0) is 25.3. The highest BCUT2D eigenvalue weighted by Gasteiger charge is 2.64. The van der Waals surface area contributed by atoms with E-state index in [1.54, 1.807) is 0 Å². The van der Waals surface area contributed by atoms with Gasteiger partial charge in [-0.3, -0.25) is 19.3 Å². The molecule has 0 saturated heterocycles. The Bertz CT molecular complexity index is 1240. The number of carbonyl (C=O) groups is 3. The number of aliphatic hydroxyl groups excluding tert-OH is 2. The van der Waals surface area contributed by atoms with Crippen LogP contribution in [0.4, 0.5) is 5.69 Å². The normalized spacial score (nSPS) is 28.4. The molecule has 0 aromatic heterocycles. The summed E-state index contributed by atoms with van der Waals surface area (Å²) >= 11 is 4.90. The van der Waals surface area contributed by atoms with Crippen molar-refractivity contribution in [2.24, 2.45) is 23.3 Å². The number of phenols is 1. The van der Waals surface area contributed by atoms with Crippen molar-refractivity contribution in [3.8, 4) is 5.75 Å². The molecule has 9 N–H and O–H groups in total. The van der Waals surface area contributed by atoms with E-state index in [-0.39, 0.29) is 34.8 Å². The van der Waals surface area contributed by atoms with Gasteiger partial charge < -0.3 is 37.2 Å². The number of fused-ring (bicyclic) bond motifs is 3. The number of aliphatic hydroxyl groups is 3. The molecule has 1 fully saturated rings. The number of nitrogens with one attached hydrogen (secondary N) is 1. The van der Waals surface area contributed by atoms with Gasteiger partial charge in [0.1, 0.15) is 22.8 Å². The monoisotopic (exact) mass is 488 g/mol. The van der Waals surface area contributed by atoms with E-state index in [9.17, 15) is 34.8 Å². The van der Waals surface area contributed by atoms with E-state index < -0.39 is 58.0 Å². The molecular weight excluding hydrogens is 464 g/mol. The van der Waals surface area contributed by atoms with E-state index in [0.29, 0.717) is 11.3 Å². The van der Waals surface area contributed by atoms with Crippen LogP contribution in [0.5, 0.6) is 5.75 Å². The molecule has 1 aromatic rings. The fourth-order valence-corrected chi connectivity index (χ4v) is 5.60. The van der Waals surface area contributed by atoms with E-state index >= 15 is 0 Å². The number of thiocarbonyl (C=S) groups is 1. The van der Waals surface area contributed by atoms with Crippen molar-refractivity contribution in [1.82, 2.24) is 4.90 Å². The number of amides is 1. The quantitative estimate of drug-likeness (QED) is 0.166. The lowest BCUT2D eigenvalue weighted by molar-refractivity contribution is -0.153. The number of ketones is 2. The Kier molecular flexibility index (Phi) is 5.42. The van der Waals surface area contributed by atoms with Crippen molar-refractivity contribution >= 4 is 46.3 Å². The third-order valence-electron chi connectivity index (χ3n) is 6.86. The Labute approximate surface area is 199 Å². The fraction of sp³-hybridized carbons (Fsp3) is 0.364. The molecule has 0 radical (unpaired) electrons. The van der Waals surface area contributed by atoms with E-state index in [2.05, 4.69) is 5.32 Å². The largest absolute Gasteiger partial charge is 0.508 e. The van der Waals surface area contributed by atoms with Crippen molar-refractivity contribution in [2.75, 3.05) is 19.4 Å². The van der Waals surface area contributed by atoms with Gasteiger partial charge in [-0.25, -0.2) is 0 Å². The van der Waals surface area contributed by atoms with Crippen molar-refractivity contribution in [3.63, 3.8) is 0 Å². The Morgan fingerprint density at radius 3 is 2.41 bits per heavy atom. The number of benzene rings is 1. The molecule has 0 bridgehead atoms. The molecular formula is C22H24N4O7S. The SMILES string of the molecule is CN(C)[C@H]1C(=O)C(C(N)=O)=C(O)[C@@]2(O)C(=O)C3=C(O)c4c(O)ccc(NC(N)=S)c4CC3CC12. The second-order valence-electron chi connectivity index (χ2n) is 8.94. The summed E-state index contributed by atoms with van der Waals surface area (Å²) in [6, 6.07) is 1.66. The van der Waals surface area contributed by atoms with Gasteiger partial charge in [-0.05, 0) is 62.8 Å². The van der Waals surface area contributed by atoms with Crippen molar-refractivity contribution in [3.05, 3.63) is 40.2 Å². The third kappa shape index (κ3) is 3.10. The summed E-state index contributed by atoms with van der Waals surface area (Å²) in [4.78, 5) is 40.1. The summed E-state index contributed by atoms with van der Waals surface area (Å²) in [5, 5.41) is 46.6. The first-order chi connectivity index (χ1) is 15.8. The van der Waals surface area contributed by atoms with Crippen LogP contribution in [0.3, 0.4) is 0 Å². The summed E-state index contributed by atoms with van der Waals surface area (Å²) in [5.74, 6) is -7.02. The lowest BCUT2D eigenvalue weighted by Gasteiger charge is -2.50. The smallest absolute Gasteiger partial charge is 0.255 e.